The van der Waals surface area contributed by atoms with Crippen LogP contribution in [-0.4, -0.2) is 16.6 Å². The number of halogens is 1. The molecule has 0 fully saturated rings. The van der Waals surface area contributed by atoms with Gasteiger partial charge >= 0.3 is 0 Å². The molecule has 5 nitrogen and oxygen atoms in total. The lowest BCUT2D eigenvalue weighted by atomic mass is 10.0. The summed E-state index contributed by atoms with van der Waals surface area (Å²) in [6.45, 7) is 0.873. The van der Waals surface area contributed by atoms with Crippen molar-refractivity contribution in [2.75, 3.05) is 11.9 Å². The smallest absolute Gasteiger partial charge is 0.226 e. The van der Waals surface area contributed by atoms with Gasteiger partial charge in [-0.2, -0.15) is 4.98 Å². The molecule has 0 aliphatic carbocycles. The number of aromatic nitrogens is 2. The maximum atomic E-state index is 13.9. The molecule has 1 aliphatic rings. The molecule has 0 saturated heterocycles. The van der Waals surface area contributed by atoms with Gasteiger partial charge in [0.05, 0.1) is 12.6 Å². The van der Waals surface area contributed by atoms with Crippen molar-refractivity contribution in [3.05, 3.63) is 77.7 Å². The Morgan fingerprint density at radius 3 is 2.88 bits per heavy atom. The van der Waals surface area contributed by atoms with Gasteiger partial charge in [-0.05, 0) is 11.6 Å². The molecule has 0 spiro atoms. The van der Waals surface area contributed by atoms with Crippen LogP contribution in [0.1, 0.15) is 23.6 Å². The summed E-state index contributed by atoms with van der Waals surface area (Å²) >= 11 is 0. The van der Waals surface area contributed by atoms with Gasteiger partial charge < -0.3 is 14.8 Å². The number of rotatable bonds is 5. The summed E-state index contributed by atoms with van der Waals surface area (Å²) in [7, 11) is 0. The SMILES string of the molecule is Fc1cccc2c1OCC[C@@H]2Nc1nccc(OCc2ccccc2)n1. The summed E-state index contributed by atoms with van der Waals surface area (Å²) in [5.41, 5.74) is 1.84. The Kier molecular flexibility index (Phi) is 4.64. The highest BCUT2D eigenvalue weighted by molar-refractivity contribution is 5.43. The molecule has 0 radical (unpaired) electrons. The monoisotopic (exact) mass is 351 g/mol. The van der Waals surface area contributed by atoms with Gasteiger partial charge in [-0.1, -0.05) is 42.5 Å². The quantitative estimate of drug-likeness (QED) is 0.749. The minimum atomic E-state index is -0.352. The fourth-order valence-electron chi connectivity index (χ4n) is 2.92. The third kappa shape index (κ3) is 3.59. The van der Waals surface area contributed by atoms with Gasteiger partial charge in [-0.15, -0.1) is 0 Å². The summed E-state index contributed by atoms with van der Waals surface area (Å²) in [5.74, 6) is 0.873. The summed E-state index contributed by atoms with van der Waals surface area (Å²) in [6.07, 6.45) is 2.34. The number of hydrogen-bond acceptors (Lipinski definition) is 5. The average Bonchev–Trinajstić information content (AvgIpc) is 2.68. The molecule has 132 valence electrons. The minimum Gasteiger partial charge on any atom is -0.490 e. The zero-order valence-corrected chi connectivity index (χ0v) is 14.1. The Morgan fingerprint density at radius 1 is 1.12 bits per heavy atom. The molecule has 1 atom stereocenters. The first-order chi connectivity index (χ1) is 12.8. The first kappa shape index (κ1) is 16.3. The lowest BCUT2D eigenvalue weighted by Crippen LogP contribution is -2.22. The van der Waals surface area contributed by atoms with Crippen molar-refractivity contribution in [1.29, 1.82) is 0 Å². The normalized spacial score (nSPS) is 15.7. The molecule has 26 heavy (non-hydrogen) atoms. The molecule has 2 heterocycles. The van der Waals surface area contributed by atoms with Gasteiger partial charge in [-0.3, -0.25) is 0 Å². The number of fused-ring (bicyclic) bond motifs is 1. The Labute approximate surface area is 150 Å². The Hall–Kier alpha value is -3.15. The summed E-state index contributed by atoms with van der Waals surface area (Å²) < 4.78 is 25.1. The van der Waals surface area contributed by atoms with E-state index in [2.05, 4.69) is 15.3 Å². The maximum absolute atomic E-state index is 13.9. The molecule has 2 aromatic carbocycles. The van der Waals surface area contributed by atoms with Crippen LogP contribution in [0.5, 0.6) is 11.6 Å². The van der Waals surface area contributed by atoms with E-state index in [0.29, 0.717) is 37.2 Å². The van der Waals surface area contributed by atoms with Crippen molar-refractivity contribution in [3.8, 4) is 11.6 Å². The number of benzene rings is 2. The highest BCUT2D eigenvalue weighted by Crippen LogP contribution is 2.35. The number of anilines is 1. The highest BCUT2D eigenvalue weighted by Gasteiger charge is 2.24. The van der Waals surface area contributed by atoms with E-state index in [-0.39, 0.29) is 11.9 Å². The van der Waals surface area contributed by atoms with Gasteiger partial charge in [0.15, 0.2) is 11.6 Å². The second-order valence-electron chi connectivity index (χ2n) is 5.99. The molecule has 0 unspecified atom stereocenters. The number of hydrogen-bond donors (Lipinski definition) is 1. The molecular weight excluding hydrogens is 333 g/mol. The van der Waals surface area contributed by atoms with Crippen molar-refractivity contribution in [2.45, 2.75) is 19.1 Å². The molecule has 0 bridgehead atoms. The van der Waals surface area contributed by atoms with Crippen LogP contribution in [0, 0.1) is 5.82 Å². The molecule has 1 aliphatic heterocycles. The van der Waals surface area contributed by atoms with E-state index in [1.54, 1.807) is 18.3 Å². The van der Waals surface area contributed by atoms with Gasteiger partial charge in [0.25, 0.3) is 0 Å². The van der Waals surface area contributed by atoms with Crippen LogP contribution in [0.25, 0.3) is 0 Å². The third-order valence-corrected chi connectivity index (χ3v) is 4.19. The second-order valence-corrected chi connectivity index (χ2v) is 5.99. The van der Waals surface area contributed by atoms with Crippen LogP contribution in [0.2, 0.25) is 0 Å². The molecule has 1 aromatic heterocycles. The predicted molar refractivity (Wildman–Crippen MR) is 95.7 cm³/mol. The molecule has 4 rings (SSSR count). The van der Waals surface area contributed by atoms with E-state index in [1.165, 1.54) is 6.07 Å². The van der Waals surface area contributed by atoms with Crippen LogP contribution in [0.3, 0.4) is 0 Å². The Balaban J connectivity index is 1.47. The second kappa shape index (κ2) is 7.39. The molecule has 0 saturated carbocycles. The molecule has 6 heteroatoms. The number of ether oxygens (including phenoxy) is 2. The van der Waals surface area contributed by atoms with E-state index < -0.39 is 0 Å². The van der Waals surface area contributed by atoms with Crippen LogP contribution in [-0.2, 0) is 6.61 Å². The van der Waals surface area contributed by atoms with E-state index >= 15 is 0 Å². The van der Waals surface area contributed by atoms with Gasteiger partial charge in [0.1, 0.15) is 6.61 Å². The van der Waals surface area contributed by atoms with Crippen molar-refractivity contribution in [2.24, 2.45) is 0 Å². The molecule has 1 N–H and O–H groups in total. The summed E-state index contributed by atoms with van der Waals surface area (Å²) in [4.78, 5) is 8.65. The van der Waals surface area contributed by atoms with E-state index in [0.717, 1.165) is 11.1 Å². The lowest BCUT2D eigenvalue weighted by molar-refractivity contribution is 0.260. The number of para-hydroxylation sites is 1. The standard InChI is InChI=1S/C20H18FN3O2/c21-16-8-4-7-15-17(10-12-25-19(15)16)23-20-22-11-9-18(24-20)26-13-14-5-2-1-3-6-14/h1-9,11,17H,10,12-13H2,(H,22,23,24)/t17-/m0/s1. The highest BCUT2D eigenvalue weighted by atomic mass is 19.1. The average molecular weight is 351 g/mol. The van der Waals surface area contributed by atoms with Crippen molar-refractivity contribution in [1.82, 2.24) is 9.97 Å². The third-order valence-electron chi connectivity index (χ3n) is 4.19. The van der Waals surface area contributed by atoms with Crippen molar-refractivity contribution >= 4 is 5.95 Å². The van der Waals surface area contributed by atoms with E-state index in [1.807, 2.05) is 36.4 Å². The van der Waals surface area contributed by atoms with Crippen molar-refractivity contribution < 1.29 is 13.9 Å². The zero-order valence-electron chi connectivity index (χ0n) is 14.1. The first-order valence-electron chi connectivity index (χ1n) is 8.47. The van der Waals surface area contributed by atoms with Gasteiger partial charge in [0, 0.05) is 24.2 Å². The van der Waals surface area contributed by atoms with Gasteiger partial charge in [0.2, 0.25) is 11.8 Å². The van der Waals surface area contributed by atoms with Crippen LogP contribution >= 0.6 is 0 Å². The largest absolute Gasteiger partial charge is 0.490 e. The summed E-state index contributed by atoms with van der Waals surface area (Å²) in [6, 6.07) is 16.4. The number of nitrogens with zero attached hydrogens (tertiary/aromatic N) is 2. The Bertz CT molecular complexity index is 889. The molecular formula is C20H18FN3O2. The predicted octanol–water partition coefficient (Wildman–Crippen LogP) is 4.13. The fraction of sp³-hybridized carbons (Fsp3) is 0.200. The first-order valence-corrected chi connectivity index (χ1v) is 8.47. The number of nitrogens with one attached hydrogen (secondary N) is 1. The van der Waals surface area contributed by atoms with Crippen LogP contribution < -0.4 is 14.8 Å². The minimum absolute atomic E-state index is 0.112. The summed E-state index contributed by atoms with van der Waals surface area (Å²) in [5, 5.41) is 3.25. The Morgan fingerprint density at radius 2 is 2.00 bits per heavy atom. The topological polar surface area (TPSA) is 56.3 Å². The molecule has 3 aromatic rings. The van der Waals surface area contributed by atoms with Crippen LogP contribution in [0.4, 0.5) is 10.3 Å². The van der Waals surface area contributed by atoms with E-state index in [9.17, 15) is 4.39 Å². The van der Waals surface area contributed by atoms with Gasteiger partial charge in [-0.25, -0.2) is 9.37 Å². The van der Waals surface area contributed by atoms with E-state index in [4.69, 9.17) is 9.47 Å². The maximum Gasteiger partial charge on any atom is 0.226 e. The zero-order chi connectivity index (χ0) is 17.8. The van der Waals surface area contributed by atoms with Crippen LogP contribution in [0.15, 0.2) is 60.8 Å². The van der Waals surface area contributed by atoms with Crippen molar-refractivity contribution in [3.63, 3.8) is 0 Å². The fourth-order valence-corrected chi connectivity index (χ4v) is 2.92. The lowest BCUT2D eigenvalue weighted by Gasteiger charge is -2.26. The molecule has 0 amide bonds.